The molecule has 1 saturated carbocycles. The van der Waals surface area contributed by atoms with Crippen molar-refractivity contribution < 1.29 is 4.74 Å². The second-order valence-corrected chi connectivity index (χ2v) is 6.03. The van der Waals surface area contributed by atoms with Gasteiger partial charge in [0.1, 0.15) is 0 Å². The fraction of sp³-hybridized carbons (Fsp3) is 1.00. The molecular weight excluding hydrogens is 240 g/mol. The molecule has 82 valence electrons. The Bertz CT molecular complexity index is 200. The molecule has 1 nitrogen and oxygen atoms in total. The number of hydrogen-bond acceptors (Lipinski definition) is 1. The third kappa shape index (κ3) is 2.01. The lowest BCUT2D eigenvalue weighted by molar-refractivity contribution is 0.0324. The highest BCUT2D eigenvalue weighted by molar-refractivity contribution is 9.09. The summed E-state index contributed by atoms with van der Waals surface area (Å²) < 4.78 is 5.95. The van der Waals surface area contributed by atoms with Gasteiger partial charge in [0, 0.05) is 17.4 Å². The zero-order valence-corrected chi connectivity index (χ0v) is 10.8. The number of hydrogen-bond donors (Lipinski definition) is 0. The quantitative estimate of drug-likeness (QED) is 0.702. The summed E-state index contributed by atoms with van der Waals surface area (Å²) in [6.07, 6.45) is 5.94. The highest BCUT2D eigenvalue weighted by Crippen LogP contribution is 2.51. The van der Waals surface area contributed by atoms with Crippen molar-refractivity contribution in [3.05, 3.63) is 0 Å². The van der Waals surface area contributed by atoms with Crippen molar-refractivity contribution in [1.29, 1.82) is 0 Å². The molecule has 1 aliphatic heterocycles. The van der Waals surface area contributed by atoms with E-state index in [1.165, 1.54) is 25.7 Å². The maximum atomic E-state index is 5.95. The molecule has 0 spiro atoms. The second-order valence-electron chi connectivity index (χ2n) is 5.47. The molecule has 0 amide bonds. The van der Waals surface area contributed by atoms with Crippen LogP contribution in [-0.2, 0) is 4.74 Å². The largest absolute Gasteiger partial charge is 0.377 e. The second kappa shape index (κ2) is 4.13. The number of halogens is 1. The van der Waals surface area contributed by atoms with Gasteiger partial charge in [0.25, 0.3) is 0 Å². The van der Waals surface area contributed by atoms with Gasteiger partial charge in [0.15, 0.2) is 0 Å². The third-order valence-corrected chi connectivity index (χ3v) is 4.75. The summed E-state index contributed by atoms with van der Waals surface area (Å²) in [5.74, 6) is 1.67. The van der Waals surface area contributed by atoms with Crippen LogP contribution in [0.5, 0.6) is 0 Å². The third-order valence-electron chi connectivity index (χ3n) is 3.63. The molecular formula is C12H21BrO. The maximum Gasteiger partial charge on any atom is 0.0668 e. The molecule has 0 aromatic rings. The van der Waals surface area contributed by atoms with E-state index in [9.17, 15) is 0 Å². The molecule has 1 saturated heterocycles. The fourth-order valence-electron chi connectivity index (χ4n) is 2.97. The van der Waals surface area contributed by atoms with Gasteiger partial charge in [-0.2, -0.15) is 0 Å². The van der Waals surface area contributed by atoms with Gasteiger partial charge in [-0.15, -0.1) is 0 Å². The molecule has 14 heavy (non-hydrogen) atoms. The first-order valence-electron chi connectivity index (χ1n) is 5.85. The van der Waals surface area contributed by atoms with Gasteiger partial charge in [-0.1, -0.05) is 29.8 Å². The predicted molar refractivity (Wildman–Crippen MR) is 62.8 cm³/mol. The molecule has 1 heterocycles. The molecule has 2 rings (SSSR count). The van der Waals surface area contributed by atoms with Gasteiger partial charge in [-0.05, 0) is 37.5 Å². The maximum absolute atomic E-state index is 5.95. The molecule has 2 heteroatoms. The van der Waals surface area contributed by atoms with Crippen molar-refractivity contribution in [3.8, 4) is 0 Å². The van der Waals surface area contributed by atoms with E-state index in [-0.39, 0.29) is 0 Å². The zero-order valence-electron chi connectivity index (χ0n) is 9.26. The van der Waals surface area contributed by atoms with Crippen LogP contribution in [0.25, 0.3) is 0 Å². The van der Waals surface area contributed by atoms with E-state index in [1.807, 2.05) is 0 Å². The van der Waals surface area contributed by atoms with Crippen LogP contribution < -0.4 is 0 Å². The Labute approximate surface area is 95.7 Å². The molecule has 0 radical (unpaired) electrons. The summed E-state index contributed by atoms with van der Waals surface area (Å²) in [5.41, 5.74) is 0.454. The molecule has 0 N–H and O–H groups in total. The summed E-state index contributed by atoms with van der Waals surface area (Å²) in [7, 11) is 0. The lowest BCUT2D eigenvalue weighted by Crippen LogP contribution is -2.35. The summed E-state index contributed by atoms with van der Waals surface area (Å²) in [5, 5.41) is 1.12. The van der Waals surface area contributed by atoms with E-state index in [2.05, 4.69) is 29.8 Å². The molecule has 2 atom stereocenters. The summed E-state index contributed by atoms with van der Waals surface area (Å²) in [4.78, 5) is 0. The summed E-state index contributed by atoms with van der Waals surface area (Å²) in [6, 6.07) is 0. The number of ether oxygens (including phenoxy) is 1. The molecule has 0 aromatic carbocycles. The molecule has 2 aliphatic rings. The minimum absolute atomic E-state index is 0.454. The van der Waals surface area contributed by atoms with Crippen molar-refractivity contribution in [3.63, 3.8) is 0 Å². The molecule has 1 aliphatic carbocycles. The minimum Gasteiger partial charge on any atom is -0.377 e. The molecule has 0 bridgehead atoms. The monoisotopic (exact) mass is 260 g/mol. The van der Waals surface area contributed by atoms with E-state index >= 15 is 0 Å². The van der Waals surface area contributed by atoms with Gasteiger partial charge >= 0.3 is 0 Å². The van der Waals surface area contributed by atoms with Crippen LogP contribution in [0, 0.1) is 17.3 Å². The first kappa shape index (κ1) is 10.9. The summed E-state index contributed by atoms with van der Waals surface area (Å²) in [6.45, 7) is 5.64. The number of alkyl halides is 1. The van der Waals surface area contributed by atoms with Crippen LogP contribution in [0.3, 0.4) is 0 Å². The van der Waals surface area contributed by atoms with Gasteiger partial charge in [0.2, 0.25) is 0 Å². The smallest absolute Gasteiger partial charge is 0.0668 e. The zero-order chi connectivity index (χ0) is 10.2. The first-order valence-corrected chi connectivity index (χ1v) is 6.98. The highest BCUT2D eigenvalue weighted by Gasteiger charge is 2.50. The lowest BCUT2D eigenvalue weighted by Gasteiger charge is -2.34. The van der Waals surface area contributed by atoms with Crippen molar-refractivity contribution in [2.45, 2.75) is 45.6 Å². The van der Waals surface area contributed by atoms with Crippen molar-refractivity contribution in [1.82, 2.24) is 0 Å². The highest BCUT2D eigenvalue weighted by atomic mass is 79.9. The number of rotatable bonds is 4. The van der Waals surface area contributed by atoms with Crippen LogP contribution in [0.4, 0.5) is 0 Å². The van der Waals surface area contributed by atoms with Crippen LogP contribution in [0.15, 0.2) is 0 Å². The molecule has 2 fully saturated rings. The van der Waals surface area contributed by atoms with Crippen LogP contribution in [0.2, 0.25) is 0 Å². The standard InChI is InChI=1S/C12H21BrO/c1-9(2)7-12(8-13)5-6-14-11(12)10-3-4-10/h9-11H,3-8H2,1-2H3. The molecule has 0 aromatic heterocycles. The summed E-state index contributed by atoms with van der Waals surface area (Å²) >= 11 is 3.72. The van der Waals surface area contributed by atoms with Gasteiger partial charge in [-0.3, -0.25) is 0 Å². The minimum atomic E-state index is 0.454. The van der Waals surface area contributed by atoms with Crippen molar-refractivity contribution in [2.75, 3.05) is 11.9 Å². The van der Waals surface area contributed by atoms with Crippen LogP contribution >= 0.6 is 15.9 Å². The van der Waals surface area contributed by atoms with E-state index in [0.29, 0.717) is 11.5 Å². The average molecular weight is 261 g/mol. The van der Waals surface area contributed by atoms with Crippen LogP contribution in [-0.4, -0.2) is 18.0 Å². The predicted octanol–water partition coefficient (Wildman–Crippen LogP) is 3.61. The van der Waals surface area contributed by atoms with Crippen LogP contribution in [0.1, 0.15) is 39.5 Å². The Morgan fingerprint density at radius 2 is 2.14 bits per heavy atom. The van der Waals surface area contributed by atoms with Crippen molar-refractivity contribution in [2.24, 2.45) is 17.3 Å². The van der Waals surface area contributed by atoms with Gasteiger partial charge < -0.3 is 4.74 Å². The van der Waals surface area contributed by atoms with E-state index in [0.717, 1.165) is 23.8 Å². The van der Waals surface area contributed by atoms with E-state index in [1.54, 1.807) is 0 Å². The first-order chi connectivity index (χ1) is 6.68. The molecule has 2 unspecified atom stereocenters. The normalized spacial score (nSPS) is 38.1. The van der Waals surface area contributed by atoms with Gasteiger partial charge in [-0.25, -0.2) is 0 Å². The van der Waals surface area contributed by atoms with E-state index < -0.39 is 0 Å². The topological polar surface area (TPSA) is 9.23 Å². The Morgan fingerprint density at radius 1 is 1.43 bits per heavy atom. The fourth-order valence-corrected chi connectivity index (χ4v) is 3.80. The van der Waals surface area contributed by atoms with E-state index in [4.69, 9.17) is 4.74 Å². The lowest BCUT2D eigenvalue weighted by atomic mass is 9.75. The van der Waals surface area contributed by atoms with Crippen molar-refractivity contribution >= 4 is 15.9 Å². The Morgan fingerprint density at radius 3 is 2.64 bits per heavy atom. The van der Waals surface area contributed by atoms with Gasteiger partial charge in [0.05, 0.1) is 6.10 Å². The SMILES string of the molecule is CC(C)CC1(CBr)CCOC1C1CC1. The average Bonchev–Trinajstić information content (AvgIpc) is 2.89. The Hall–Kier alpha value is 0.440. The Kier molecular flexibility index (Phi) is 3.23. The Balaban J connectivity index is 2.07.